The molecular formula is C17H28N2O2. The summed E-state index contributed by atoms with van der Waals surface area (Å²) in [5.74, 6) is 2.48. The van der Waals surface area contributed by atoms with Gasteiger partial charge in [-0.25, -0.2) is 0 Å². The highest BCUT2D eigenvalue weighted by atomic mass is 16.6. The second kappa shape index (κ2) is 7.66. The van der Waals surface area contributed by atoms with Crippen LogP contribution in [-0.2, 0) is 6.54 Å². The monoisotopic (exact) mass is 292 g/mol. The third kappa shape index (κ3) is 4.61. The van der Waals surface area contributed by atoms with Crippen LogP contribution in [0.1, 0.15) is 25.8 Å². The van der Waals surface area contributed by atoms with Gasteiger partial charge in [0.1, 0.15) is 13.2 Å². The Morgan fingerprint density at radius 2 is 1.95 bits per heavy atom. The lowest BCUT2D eigenvalue weighted by Crippen LogP contribution is -2.38. The molecule has 1 aliphatic rings. The van der Waals surface area contributed by atoms with Crippen LogP contribution in [0.2, 0.25) is 0 Å². The first-order valence-electron chi connectivity index (χ1n) is 7.82. The van der Waals surface area contributed by atoms with Crippen molar-refractivity contribution in [2.75, 3.05) is 33.9 Å². The Bertz CT molecular complexity index is 446. The van der Waals surface area contributed by atoms with Gasteiger partial charge in [0, 0.05) is 24.7 Å². The average Bonchev–Trinajstić information content (AvgIpc) is 2.46. The number of benzene rings is 1. The van der Waals surface area contributed by atoms with Gasteiger partial charge in [-0.1, -0.05) is 26.0 Å². The number of fused-ring (bicyclic) bond motifs is 1. The van der Waals surface area contributed by atoms with Crippen LogP contribution >= 0.6 is 0 Å². The lowest BCUT2D eigenvalue weighted by Gasteiger charge is -2.27. The Hall–Kier alpha value is -1.26. The van der Waals surface area contributed by atoms with Crippen LogP contribution in [-0.4, -0.2) is 44.8 Å². The molecule has 118 valence electrons. The van der Waals surface area contributed by atoms with Gasteiger partial charge in [-0.3, -0.25) is 0 Å². The van der Waals surface area contributed by atoms with Crippen LogP contribution in [0.5, 0.6) is 11.5 Å². The first-order valence-corrected chi connectivity index (χ1v) is 7.82. The van der Waals surface area contributed by atoms with Crippen molar-refractivity contribution < 1.29 is 9.47 Å². The van der Waals surface area contributed by atoms with Gasteiger partial charge in [-0.2, -0.15) is 0 Å². The van der Waals surface area contributed by atoms with Crippen molar-refractivity contribution in [3.63, 3.8) is 0 Å². The summed E-state index contributed by atoms with van der Waals surface area (Å²) >= 11 is 0. The molecule has 0 radical (unpaired) electrons. The molecule has 0 bridgehead atoms. The fourth-order valence-electron chi connectivity index (χ4n) is 2.67. The van der Waals surface area contributed by atoms with E-state index in [-0.39, 0.29) is 0 Å². The maximum atomic E-state index is 5.75. The number of ether oxygens (including phenoxy) is 2. The van der Waals surface area contributed by atoms with Gasteiger partial charge in [0.2, 0.25) is 0 Å². The maximum absolute atomic E-state index is 5.75. The van der Waals surface area contributed by atoms with Crippen LogP contribution in [0.3, 0.4) is 0 Å². The summed E-state index contributed by atoms with van der Waals surface area (Å²) < 4.78 is 11.4. The fourth-order valence-corrected chi connectivity index (χ4v) is 2.67. The van der Waals surface area contributed by atoms with E-state index in [9.17, 15) is 0 Å². The standard InChI is InChI=1S/C17H28N2O2/c1-13(2)10-15(19(3)4)12-18-11-14-6-5-7-16-17(14)21-9-8-20-16/h5-7,13,15,18H,8-12H2,1-4H3. The Balaban J connectivity index is 1.91. The quantitative estimate of drug-likeness (QED) is 0.837. The van der Waals surface area contributed by atoms with Gasteiger partial charge < -0.3 is 19.7 Å². The number of nitrogens with one attached hydrogen (secondary N) is 1. The molecule has 1 heterocycles. The third-order valence-electron chi connectivity index (χ3n) is 3.82. The van der Waals surface area contributed by atoms with E-state index in [0.717, 1.165) is 24.6 Å². The van der Waals surface area contributed by atoms with E-state index in [1.807, 2.05) is 12.1 Å². The number of nitrogens with zero attached hydrogens (tertiary/aromatic N) is 1. The summed E-state index contributed by atoms with van der Waals surface area (Å²) in [7, 11) is 4.30. The summed E-state index contributed by atoms with van der Waals surface area (Å²) in [5, 5.41) is 3.56. The molecule has 0 fully saturated rings. The highest BCUT2D eigenvalue weighted by molar-refractivity contribution is 5.47. The van der Waals surface area contributed by atoms with Crippen molar-refractivity contribution in [2.24, 2.45) is 5.92 Å². The molecule has 2 rings (SSSR count). The van der Waals surface area contributed by atoms with Crippen molar-refractivity contribution in [3.05, 3.63) is 23.8 Å². The van der Waals surface area contributed by atoms with Crippen molar-refractivity contribution in [1.82, 2.24) is 10.2 Å². The van der Waals surface area contributed by atoms with Gasteiger partial charge in [0.25, 0.3) is 0 Å². The summed E-state index contributed by atoms with van der Waals surface area (Å²) in [6, 6.07) is 6.66. The molecular weight excluding hydrogens is 264 g/mol. The highest BCUT2D eigenvalue weighted by Gasteiger charge is 2.16. The zero-order chi connectivity index (χ0) is 15.2. The second-order valence-electron chi connectivity index (χ2n) is 6.32. The summed E-state index contributed by atoms with van der Waals surface area (Å²) in [4.78, 5) is 2.30. The molecule has 1 aliphatic heterocycles. The smallest absolute Gasteiger partial charge is 0.165 e. The summed E-state index contributed by atoms with van der Waals surface area (Å²) in [6.45, 7) is 7.62. The molecule has 1 N–H and O–H groups in total. The summed E-state index contributed by atoms with van der Waals surface area (Å²) in [5.41, 5.74) is 1.18. The first-order chi connectivity index (χ1) is 10.1. The lowest BCUT2D eigenvalue weighted by atomic mass is 10.0. The minimum atomic E-state index is 0.557. The molecule has 0 aliphatic carbocycles. The van der Waals surface area contributed by atoms with Gasteiger partial charge in [-0.15, -0.1) is 0 Å². The fraction of sp³-hybridized carbons (Fsp3) is 0.647. The molecule has 0 saturated carbocycles. The topological polar surface area (TPSA) is 33.7 Å². The van der Waals surface area contributed by atoms with E-state index in [0.29, 0.717) is 25.2 Å². The van der Waals surface area contributed by atoms with Crippen molar-refractivity contribution in [1.29, 1.82) is 0 Å². The van der Waals surface area contributed by atoms with Crippen LogP contribution in [0.25, 0.3) is 0 Å². The van der Waals surface area contributed by atoms with E-state index >= 15 is 0 Å². The van der Waals surface area contributed by atoms with E-state index in [1.54, 1.807) is 0 Å². The second-order valence-corrected chi connectivity index (χ2v) is 6.32. The van der Waals surface area contributed by atoms with Crippen LogP contribution in [0.4, 0.5) is 0 Å². The van der Waals surface area contributed by atoms with Crippen molar-refractivity contribution in [2.45, 2.75) is 32.9 Å². The molecule has 1 atom stereocenters. The minimum Gasteiger partial charge on any atom is -0.486 e. The van der Waals surface area contributed by atoms with Gasteiger partial charge >= 0.3 is 0 Å². The van der Waals surface area contributed by atoms with E-state index in [1.165, 1.54) is 12.0 Å². The summed E-state index contributed by atoms with van der Waals surface area (Å²) in [6.07, 6.45) is 1.20. The predicted molar refractivity (Wildman–Crippen MR) is 86.1 cm³/mol. The van der Waals surface area contributed by atoms with Gasteiger partial charge in [0.15, 0.2) is 11.5 Å². The van der Waals surface area contributed by atoms with Crippen LogP contribution in [0.15, 0.2) is 18.2 Å². The number of likely N-dealkylation sites (N-methyl/N-ethyl adjacent to an activating group) is 1. The minimum absolute atomic E-state index is 0.557. The van der Waals surface area contributed by atoms with E-state index in [4.69, 9.17) is 9.47 Å². The number of hydrogen-bond donors (Lipinski definition) is 1. The molecule has 0 spiro atoms. The van der Waals surface area contributed by atoms with E-state index < -0.39 is 0 Å². The molecule has 4 nitrogen and oxygen atoms in total. The largest absolute Gasteiger partial charge is 0.486 e. The normalized spacial score (nSPS) is 15.5. The van der Waals surface area contributed by atoms with Gasteiger partial charge in [-0.05, 0) is 32.5 Å². The molecule has 4 heteroatoms. The molecule has 0 saturated heterocycles. The average molecular weight is 292 g/mol. The van der Waals surface area contributed by atoms with E-state index in [2.05, 4.69) is 44.2 Å². The molecule has 0 amide bonds. The molecule has 1 aromatic rings. The molecule has 21 heavy (non-hydrogen) atoms. The Morgan fingerprint density at radius 1 is 1.19 bits per heavy atom. The first kappa shape index (κ1) is 16.1. The number of hydrogen-bond acceptors (Lipinski definition) is 4. The number of rotatable bonds is 7. The molecule has 1 unspecified atom stereocenters. The van der Waals surface area contributed by atoms with Crippen LogP contribution in [0, 0.1) is 5.92 Å². The lowest BCUT2D eigenvalue weighted by molar-refractivity contribution is 0.169. The number of para-hydroxylation sites is 1. The zero-order valence-corrected chi connectivity index (χ0v) is 13.7. The zero-order valence-electron chi connectivity index (χ0n) is 13.7. The SMILES string of the molecule is CC(C)CC(CNCc1cccc2c1OCCO2)N(C)C. The maximum Gasteiger partial charge on any atom is 0.165 e. The Morgan fingerprint density at radius 3 is 2.67 bits per heavy atom. The molecule has 1 aromatic carbocycles. The Kier molecular flexibility index (Phi) is 5.88. The van der Waals surface area contributed by atoms with Crippen LogP contribution < -0.4 is 14.8 Å². The highest BCUT2D eigenvalue weighted by Crippen LogP contribution is 2.33. The van der Waals surface area contributed by atoms with Crippen molar-refractivity contribution in [3.8, 4) is 11.5 Å². The van der Waals surface area contributed by atoms with Crippen molar-refractivity contribution >= 4 is 0 Å². The Labute approximate surface area is 128 Å². The predicted octanol–water partition coefficient (Wildman–Crippen LogP) is 2.52. The third-order valence-corrected chi connectivity index (χ3v) is 3.82. The molecule has 0 aromatic heterocycles. The van der Waals surface area contributed by atoms with Gasteiger partial charge in [0.05, 0.1) is 0 Å².